The average Bonchev–Trinajstić information content (AvgIpc) is 3.43. The number of likely N-dealkylation sites (N-methyl/N-ethyl adjacent to an activating group) is 1. The number of ether oxygens (including phenoxy) is 2. The number of likely N-dealkylation sites (tertiary alicyclic amines) is 1. The van der Waals surface area contributed by atoms with Crippen molar-refractivity contribution in [2.45, 2.75) is 30.2 Å². The van der Waals surface area contributed by atoms with Crippen molar-refractivity contribution in [3.8, 4) is 11.5 Å². The molecule has 0 aromatic heterocycles. The molecular weight excluding hydrogens is 414 g/mol. The topological polar surface area (TPSA) is 71.1 Å². The first kappa shape index (κ1) is 21.9. The van der Waals surface area contributed by atoms with Gasteiger partial charge in [0.15, 0.2) is 11.5 Å². The van der Waals surface area contributed by atoms with Crippen molar-refractivity contribution in [1.82, 2.24) is 9.62 Å². The molecule has 2 aromatic carbocycles. The van der Waals surface area contributed by atoms with Crippen molar-refractivity contribution in [2.75, 3.05) is 52.3 Å². The molecule has 0 aliphatic carbocycles. The highest BCUT2D eigenvalue weighted by Gasteiger charge is 2.27. The number of benzene rings is 2. The predicted octanol–water partition coefficient (Wildman–Crippen LogP) is 2.81. The van der Waals surface area contributed by atoms with Crippen LogP contribution in [-0.4, -0.2) is 60.8 Å². The maximum Gasteiger partial charge on any atom is 0.240 e. The highest BCUT2D eigenvalue weighted by atomic mass is 32.2. The van der Waals surface area contributed by atoms with Crippen LogP contribution in [0.5, 0.6) is 11.5 Å². The molecule has 0 spiro atoms. The van der Waals surface area contributed by atoms with E-state index in [1.54, 1.807) is 12.1 Å². The SMILES string of the molecule is COc1ccc(S(=O)(=O)NCC(c2ccc3c(c2)CCN3C)N2CCCC2)cc1OC. The Morgan fingerprint density at radius 2 is 1.74 bits per heavy atom. The highest BCUT2D eigenvalue weighted by molar-refractivity contribution is 7.89. The van der Waals surface area contributed by atoms with Crippen molar-refractivity contribution >= 4 is 15.7 Å². The fourth-order valence-electron chi connectivity index (χ4n) is 4.56. The molecule has 2 aliphatic heterocycles. The van der Waals surface area contributed by atoms with Crippen LogP contribution in [-0.2, 0) is 16.4 Å². The number of nitrogens with one attached hydrogen (secondary N) is 1. The minimum Gasteiger partial charge on any atom is -0.493 e. The second kappa shape index (κ2) is 9.06. The number of rotatable bonds is 8. The molecule has 2 aromatic rings. The van der Waals surface area contributed by atoms with Gasteiger partial charge in [0.1, 0.15) is 0 Å². The van der Waals surface area contributed by atoms with Crippen molar-refractivity contribution in [3.05, 3.63) is 47.5 Å². The Bertz CT molecular complexity index is 1040. The van der Waals surface area contributed by atoms with E-state index >= 15 is 0 Å². The molecule has 0 amide bonds. The first-order valence-electron chi connectivity index (χ1n) is 10.7. The molecule has 1 atom stereocenters. The van der Waals surface area contributed by atoms with Crippen LogP contribution >= 0.6 is 0 Å². The molecule has 7 nitrogen and oxygen atoms in total. The van der Waals surface area contributed by atoms with E-state index in [4.69, 9.17) is 9.47 Å². The summed E-state index contributed by atoms with van der Waals surface area (Å²) in [5.74, 6) is 0.892. The lowest BCUT2D eigenvalue weighted by Crippen LogP contribution is -2.36. The summed E-state index contributed by atoms with van der Waals surface area (Å²) in [7, 11) is 1.44. The summed E-state index contributed by atoms with van der Waals surface area (Å²) in [5.41, 5.74) is 3.78. The summed E-state index contributed by atoms with van der Waals surface area (Å²) in [6.07, 6.45) is 3.32. The van der Waals surface area contributed by atoms with E-state index in [2.05, 4.69) is 39.8 Å². The Labute approximate surface area is 185 Å². The van der Waals surface area contributed by atoms with Gasteiger partial charge in [-0.2, -0.15) is 0 Å². The predicted molar refractivity (Wildman–Crippen MR) is 122 cm³/mol. The van der Waals surface area contributed by atoms with Crippen LogP contribution in [0.4, 0.5) is 5.69 Å². The van der Waals surface area contributed by atoms with Crippen LogP contribution in [0, 0.1) is 0 Å². The third-order valence-corrected chi connectivity index (χ3v) is 7.75. The molecule has 2 aliphatic rings. The fourth-order valence-corrected chi connectivity index (χ4v) is 5.61. The first-order valence-corrected chi connectivity index (χ1v) is 12.2. The van der Waals surface area contributed by atoms with E-state index in [0.717, 1.165) is 38.9 Å². The first-order chi connectivity index (χ1) is 14.9. The van der Waals surface area contributed by atoms with Gasteiger partial charge < -0.3 is 14.4 Å². The van der Waals surface area contributed by atoms with Crippen LogP contribution in [0.3, 0.4) is 0 Å². The molecule has 31 heavy (non-hydrogen) atoms. The van der Waals surface area contributed by atoms with E-state index in [9.17, 15) is 8.42 Å². The number of hydrogen-bond acceptors (Lipinski definition) is 6. The largest absolute Gasteiger partial charge is 0.493 e. The monoisotopic (exact) mass is 445 g/mol. The van der Waals surface area contributed by atoms with E-state index in [-0.39, 0.29) is 10.9 Å². The average molecular weight is 446 g/mol. The summed E-state index contributed by atoms with van der Waals surface area (Å²) in [4.78, 5) is 4.82. The van der Waals surface area contributed by atoms with Gasteiger partial charge in [0, 0.05) is 37.9 Å². The maximum absolute atomic E-state index is 13.0. The second-order valence-electron chi connectivity index (χ2n) is 8.19. The van der Waals surface area contributed by atoms with E-state index in [0.29, 0.717) is 18.0 Å². The van der Waals surface area contributed by atoms with Gasteiger partial charge >= 0.3 is 0 Å². The molecule has 8 heteroatoms. The molecule has 4 rings (SSSR count). The van der Waals surface area contributed by atoms with Gasteiger partial charge in [-0.05, 0) is 61.7 Å². The fraction of sp³-hybridized carbons (Fsp3) is 0.478. The molecule has 1 unspecified atom stereocenters. The summed E-state index contributed by atoms with van der Waals surface area (Å²) in [6.45, 7) is 3.32. The van der Waals surface area contributed by atoms with Gasteiger partial charge in [-0.15, -0.1) is 0 Å². The van der Waals surface area contributed by atoms with Crippen LogP contribution < -0.4 is 19.1 Å². The summed E-state index contributed by atoms with van der Waals surface area (Å²) in [5, 5.41) is 0. The Morgan fingerprint density at radius 3 is 2.45 bits per heavy atom. The number of sulfonamides is 1. The number of hydrogen-bond donors (Lipinski definition) is 1. The van der Waals surface area contributed by atoms with E-state index < -0.39 is 10.0 Å². The second-order valence-corrected chi connectivity index (χ2v) is 9.95. The molecule has 2 heterocycles. The van der Waals surface area contributed by atoms with Gasteiger partial charge in [0.25, 0.3) is 0 Å². The Kier molecular flexibility index (Phi) is 6.41. The molecule has 1 N–H and O–H groups in total. The lowest BCUT2D eigenvalue weighted by atomic mass is 10.0. The van der Waals surface area contributed by atoms with Crippen LogP contribution in [0.15, 0.2) is 41.3 Å². The standard InChI is InChI=1S/C23H31N3O4S/c1-25-13-10-18-14-17(6-8-20(18)25)21(26-11-4-5-12-26)16-24-31(27,28)19-7-9-22(29-2)23(15-19)30-3/h6-9,14-15,21,24H,4-5,10-13,16H2,1-3H3. The minimum absolute atomic E-state index is 0.00799. The Balaban J connectivity index is 1.57. The third kappa shape index (κ3) is 4.51. The van der Waals surface area contributed by atoms with Crippen molar-refractivity contribution in [2.24, 2.45) is 0 Å². The van der Waals surface area contributed by atoms with Crippen LogP contribution in [0.25, 0.3) is 0 Å². The minimum atomic E-state index is -3.69. The van der Waals surface area contributed by atoms with Gasteiger partial charge in [0.2, 0.25) is 10.0 Å². The summed E-state index contributed by atoms with van der Waals surface area (Å²) in [6, 6.07) is 11.2. The van der Waals surface area contributed by atoms with Gasteiger partial charge in [-0.1, -0.05) is 12.1 Å². The van der Waals surface area contributed by atoms with Crippen LogP contribution in [0.2, 0.25) is 0 Å². The smallest absolute Gasteiger partial charge is 0.240 e. The lowest BCUT2D eigenvalue weighted by Gasteiger charge is -2.29. The number of anilines is 1. The zero-order valence-electron chi connectivity index (χ0n) is 18.4. The number of methoxy groups -OCH3 is 2. The normalized spacial score (nSPS) is 17.6. The van der Waals surface area contributed by atoms with Crippen molar-refractivity contribution < 1.29 is 17.9 Å². The van der Waals surface area contributed by atoms with Crippen LogP contribution in [0.1, 0.15) is 30.0 Å². The summed E-state index contributed by atoms with van der Waals surface area (Å²) < 4.78 is 39.4. The van der Waals surface area contributed by atoms with Gasteiger partial charge in [0.05, 0.1) is 19.1 Å². The molecule has 1 saturated heterocycles. The maximum atomic E-state index is 13.0. The van der Waals surface area contributed by atoms with E-state index in [1.165, 1.54) is 37.1 Å². The van der Waals surface area contributed by atoms with Gasteiger partial charge in [-0.25, -0.2) is 13.1 Å². The summed E-state index contributed by atoms with van der Waals surface area (Å²) >= 11 is 0. The van der Waals surface area contributed by atoms with Crippen molar-refractivity contribution in [3.63, 3.8) is 0 Å². The van der Waals surface area contributed by atoms with Gasteiger partial charge in [-0.3, -0.25) is 4.90 Å². The molecule has 168 valence electrons. The van der Waals surface area contributed by atoms with E-state index in [1.807, 2.05) is 0 Å². The lowest BCUT2D eigenvalue weighted by molar-refractivity contribution is 0.246. The zero-order chi connectivity index (χ0) is 22.0. The van der Waals surface area contributed by atoms with Crippen molar-refractivity contribution in [1.29, 1.82) is 0 Å². The molecule has 1 fully saturated rings. The number of fused-ring (bicyclic) bond motifs is 1. The molecule has 0 radical (unpaired) electrons. The molecule has 0 bridgehead atoms. The molecule has 0 saturated carbocycles. The quantitative estimate of drug-likeness (QED) is 0.674. The molecular formula is C23H31N3O4S. The Morgan fingerprint density at radius 1 is 1.00 bits per heavy atom. The highest BCUT2D eigenvalue weighted by Crippen LogP contribution is 2.33. The number of nitrogens with zero attached hydrogens (tertiary/aromatic N) is 2. The third-order valence-electron chi connectivity index (χ3n) is 6.33. The Hall–Kier alpha value is -2.29. The zero-order valence-corrected chi connectivity index (χ0v) is 19.2.